The Morgan fingerprint density at radius 1 is 1.19 bits per heavy atom. The van der Waals surface area contributed by atoms with Crippen molar-refractivity contribution in [3.8, 4) is 0 Å². The van der Waals surface area contributed by atoms with Gasteiger partial charge in [0.25, 0.3) is 5.91 Å². The van der Waals surface area contributed by atoms with E-state index in [0.29, 0.717) is 20.4 Å². The third-order valence-electron chi connectivity index (χ3n) is 3.26. The SMILES string of the molecule is CC(CBr)(NC(=O)c1cccc(Br)c1Cl)c1ccccc1. The maximum Gasteiger partial charge on any atom is 0.253 e. The highest BCUT2D eigenvalue weighted by Gasteiger charge is 2.28. The average Bonchev–Trinajstić information content (AvgIpc) is 2.50. The van der Waals surface area contributed by atoms with Gasteiger partial charge in [-0.3, -0.25) is 4.79 Å². The first-order chi connectivity index (χ1) is 9.98. The zero-order valence-corrected chi connectivity index (χ0v) is 15.3. The molecule has 5 heteroatoms. The molecule has 0 aliphatic carbocycles. The Bertz CT molecular complexity index is 648. The molecule has 1 amide bonds. The van der Waals surface area contributed by atoms with Crippen LogP contribution < -0.4 is 5.32 Å². The van der Waals surface area contributed by atoms with E-state index in [1.165, 1.54) is 0 Å². The first kappa shape index (κ1) is 16.5. The standard InChI is InChI=1S/C16H14Br2ClNO/c1-16(10-17,11-6-3-2-4-7-11)20-15(21)12-8-5-9-13(18)14(12)19/h2-9H,10H2,1H3,(H,20,21). The maximum atomic E-state index is 12.5. The van der Waals surface area contributed by atoms with Crippen molar-refractivity contribution in [3.05, 3.63) is 69.2 Å². The van der Waals surface area contributed by atoms with Gasteiger partial charge in [-0.15, -0.1) is 0 Å². The van der Waals surface area contributed by atoms with Gasteiger partial charge in [0, 0.05) is 9.80 Å². The molecule has 1 unspecified atom stereocenters. The summed E-state index contributed by atoms with van der Waals surface area (Å²) in [6.45, 7) is 1.97. The number of carbonyl (C=O) groups is 1. The van der Waals surface area contributed by atoms with Gasteiger partial charge in [0.15, 0.2) is 0 Å². The number of benzene rings is 2. The van der Waals surface area contributed by atoms with Crippen LogP contribution in [0.2, 0.25) is 5.02 Å². The van der Waals surface area contributed by atoms with Crippen LogP contribution in [-0.4, -0.2) is 11.2 Å². The van der Waals surface area contributed by atoms with Crippen LogP contribution in [0, 0.1) is 0 Å². The molecule has 0 heterocycles. The molecule has 0 saturated carbocycles. The predicted octanol–water partition coefficient (Wildman–Crippen LogP) is 5.14. The van der Waals surface area contributed by atoms with Crippen molar-refractivity contribution in [2.24, 2.45) is 0 Å². The van der Waals surface area contributed by atoms with E-state index in [9.17, 15) is 4.79 Å². The van der Waals surface area contributed by atoms with E-state index < -0.39 is 5.54 Å². The van der Waals surface area contributed by atoms with E-state index in [0.717, 1.165) is 5.56 Å². The normalized spacial score (nSPS) is 13.5. The quantitative estimate of drug-likeness (QED) is 0.667. The second-order valence-electron chi connectivity index (χ2n) is 4.89. The Hall–Kier alpha value is -0.840. The van der Waals surface area contributed by atoms with Crippen LogP contribution in [0.15, 0.2) is 53.0 Å². The zero-order valence-electron chi connectivity index (χ0n) is 11.4. The zero-order chi connectivity index (χ0) is 15.5. The first-order valence-corrected chi connectivity index (χ1v) is 8.65. The van der Waals surface area contributed by atoms with Gasteiger partial charge in [-0.1, -0.05) is 63.9 Å². The van der Waals surface area contributed by atoms with E-state index in [4.69, 9.17) is 11.6 Å². The van der Waals surface area contributed by atoms with Gasteiger partial charge in [0.2, 0.25) is 0 Å². The first-order valence-electron chi connectivity index (χ1n) is 6.36. The average molecular weight is 432 g/mol. The number of nitrogens with one attached hydrogen (secondary N) is 1. The summed E-state index contributed by atoms with van der Waals surface area (Å²) in [5.74, 6) is -0.202. The van der Waals surface area contributed by atoms with Crippen LogP contribution in [0.5, 0.6) is 0 Å². The third kappa shape index (κ3) is 3.68. The summed E-state index contributed by atoms with van der Waals surface area (Å²) in [6, 6.07) is 15.1. The Balaban J connectivity index is 2.30. The summed E-state index contributed by atoms with van der Waals surface area (Å²) in [5.41, 5.74) is 0.972. The molecule has 2 rings (SSSR count). The van der Waals surface area contributed by atoms with Crippen molar-refractivity contribution >= 4 is 49.4 Å². The van der Waals surface area contributed by atoms with Crippen LogP contribution in [0.25, 0.3) is 0 Å². The molecule has 0 fully saturated rings. The van der Waals surface area contributed by atoms with E-state index in [1.807, 2.05) is 37.3 Å². The van der Waals surface area contributed by atoms with Crippen LogP contribution in [0.1, 0.15) is 22.8 Å². The van der Waals surface area contributed by atoms with E-state index in [2.05, 4.69) is 37.2 Å². The molecule has 110 valence electrons. The van der Waals surface area contributed by atoms with Gasteiger partial charge < -0.3 is 5.32 Å². The lowest BCUT2D eigenvalue weighted by molar-refractivity contribution is 0.0914. The van der Waals surface area contributed by atoms with Crippen molar-refractivity contribution in [2.75, 3.05) is 5.33 Å². The number of alkyl halides is 1. The van der Waals surface area contributed by atoms with E-state index in [-0.39, 0.29) is 5.91 Å². The smallest absolute Gasteiger partial charge is 0.253 e. The van der Waals surface area contributed by atoms with Gasteiger partial charge in [-0.25, -0.2) is 0 Å². The van der Waals surface area contributed by atoms with Gasteiger partial charge >= 0.3 is 0 Å². The summed E-state index contributed by atoms with van der Waals surface area (Å²) in [6.07, 6.45) is 0. The molecule has 1 N–H and O–H groups in total. The highest BCUT2D eigenvalue weighted by atomic mass is 79.9. The van der Waals surface area contributed by atoms with Crippen molar-refractivity contribution in [3.63, 3.8) is 0 Å². The lowest BCUT2D eigenvalue weighted by Gasteiger charge is -2.29. The molecule has 0 radical (unpaired) electrons. The summed E-state index contributed by atoms with van der Waals surface area (Å²) in [7, 11) is 0. The summed E-state index contributed by atoms with van der Waals surface area (Å²) in [4.78, 5) is 12.5. The molecule has 0 aliphatic heterocycles. The fraction of sp³-hybridized carbons (Fsp3) is 0.188. The lowest BCUT2D eigenvalue weighted by atomic mass is 9.94. The van der Waals surface area contributed by atoms with E-state index >= 15 is 0 Å². The third-order valence-corrected chi connectivity index (χ3v) is 5.68. The Morgan fingerprint density at radius 3 is 2.48 bits per heavy atom. The minimum atomic E-state index is -0.510. The number of carbonyl (C=O) groups excluding carboxylic acids is 1. The monoisotopic (exact) mass is 429 g/mol. The van der Waals surface area contributed by atoms with Crippen LogP contribution in [-0.2, 0) is 5.54 Å². The molecular weight excluding hydrogens is 417 g/mol. The second-order valence-corrected chi connectivity index (χ2v) is 6.68. The van der Waals surface area contributed by atoms with Crippen molar-refractivity contribution in [1.29, 1.82) is 0 Å². The molecule has 0 saturated heterocycles. The lowest BCUT2D eigenvalue weighted by Crippen LogP contribution is -2.45. The van der Waals surface area contributed by atoms with Crippen molar-refractivity contribution in [1.82, 2.24) is 5.32 Å². The minimum absolute atomic E-state index is 0.202. The predicted molar refractivity (Wildman–Crippen MR) is 94.2 cm³/mol. The molecule has 21 heavy (non-hydrogen) atoms. The number of halogens is 3. The second kappa shape index (κ2) is 6.95. The summed E-state index contributed by atoms with van der Waals surface area (Å²) in [5, 5.41) is 4.07. The van der Waals surface area contributed by atoms with Crippen molar-refractivity contribution < 1.29 is 4.79 Å². The van der Waals surface area contributed by atoms with Gasteiger partial charge in [0.1, 0.15) is 0 Å². The molecule has 0 bridgehead atoms. The van der Waals surface area contributed by atoms with Crippen molar-refractivity contribution in [2.45, 2.75) is 12.5 Å². The maximum absolute atomic E-state index is 12.5. The summed E-state index contributed by atoms with van der Waals surface area (Å²) < 4.78 is 0.706. The molecule has 0 aromatic heterocycles. The number of amides is 1. The number of hydrogen-bond donors (Lipinski definition) is 1. The molecule has 0 spiro atoms. The van der Waals surface area contributed by atoms with Gasteiger partial charge in [-0.2, -0.15) is 0 Å². The fourth-order valence-electron chi connectivity index (χ4n) is 1.99. The highest BCUT2D eigenvalue weighted by molar-refractivity contribution is 9.10. The number of rotatable bonds is 4. The van der Waals surface area contributed by atoms with Crippen LogP contribution in [0.4, 0.5) is 0 Å². The molecule has 2 aromatic carbocycles. The molecule has 2 nitrogen and oxygen atoms in total. The Kier molecular flexibility index (Phi) is 5.47. The van der Waals surface area contributed by atoms with E-state index in [1.54, 1.807) is 18.2 Å². The van der Waals surface area contributed by atoms with Crippen LogP contribution >= 0.6 is 43.5 Å². The fourth-order valence-corrected chi connectivity index (χ4v) is 3.03. The molecule has 2 aromatic rings. The highest BCUT2D eigenvalue weighted by Crippen LogP contribution is 2.28. The molecule has 1 atom stereocenters. The topological polar surface area (TPSA) is 29.1 Å². The summed E-state index contributed by atoms with van der Waals surface area (Å²) >= 11 is 13.0. The van der Waals surface area contributed by atoms with Crippen LogP contribution in [0.3, 0.4) is 0 Å². The molecular formula is C16H14Br2ClNO. The Morgan fingerprint density at radius 2 is 1.86 bits per heavy atom. The Labute approximate surface area is 146 Å². The minimum Gasteiger partial charge on any atom is -0.342 e. The largest absolute Gasteiger partial charge is 0.342 e. The van der Waals surface area contributed by atoms with Gasteiger partial charge in [-0.05, 0) is 40.5 Å². The molecule has 0 aliphatic rings. The van der Waals surface area contributed by atoms with Gasteiger partial charge in [0.05, 0.1) is 16.1 Å². The number of hydrogen-bond acceptors (Lipinski definition) is 1.